The van der Waals surface area contributed by atoms with E-state index in [0.29, 0.717) is 61.1 Å². The van der Waals surface area contributed by atoms with Crippen LogP contribution in [0.3, 0.4) is 0 Å². The third kappa shape index (κ3) is 18.5. The van der Waals surface area contributed by atoms with Crippen LogP contribution >= 0.6 is 0 Å². The molecule has 20 nitrogen and oxygen atoms in total. The molecule has 3 aliphatic heterocycles. The van der Waals surface area contributed by atoms with Crippen molar-refractivity contribution in [3.8, 4) is 5.75 Å². The Labute approximate surface area is 468 Å². The number of hydrogen-bond donors (Lipinski definition) is 1. The third-order valence-corrected chi connectivity index (χ3v) is 18.4. The molecular formula is C55H78N4O16S4-2. The lowest BCUT2D eigenvalue weighted by Gasteiger charge is -2.44. The van der Waals surface area contributed by atoms with Crippen molar-refractivity contribution in [3.05, 3.63) is 95.3 Å². The Morgan fingerprint density at radius 1 is 0.810 bits per heavy atom. The Kier molecular flexibility index (Phi) is 22.7. The number of ether oxygens (including phenoxy) is 4. The molecule has 0 aliphatic carbocycles. The zero-order chi connectivity index (χ0) is 58.6. The van der Waals surface area contributed by atoms with E-state index in [-0.39, 0.29) is 83.2 Å². The molecule has 0 saturated carbocycles. The molecule has 1 N–H and O–H groups in total. The van der Waals surface area contributed by atoms with Crippen molar-refractivity contribution in [3.63, 3.8) is 0 Å². The Morgan fingerprint density at radius 3 is 2.16 bits per heavy atom. The maximum Gasteiger partial charge on any atom is 0.219 e. The van der Waals surface area contributed by atoms with Crippen LogP contribution in [-0.4, -0.2) is 164 Å². The number of amides is 1. The minimum absolute atomic E-state index is 0.0328. The number of methoxy groups -OCH3 is 2. The smallest absolute Gasteiger partial charge is 0.219 e. The first-order valence-corrected chi connectivity index (χ1v) is 32.5. The van der Waals surface area contributed by atoms with Gasteiger partial charge in [0.25, 0.3) is 0 Å². The van der Waals surface area contributed by atoms with Crippen molar-refractivity contribution < 1.29 is 75.6 Å². The van der Waals surface area contributed by atoms with E-state index in [4.69, 9.17) is 18.9 Å². The number of carbonyl (C=O) groups is 1. The van der Waals surface area contributed by atoms with Crippen LogP contribution in [0.15, 0.2) is 83.5 Å². The maximum absolute atomic E-state index is 13.4. The van der Waals surface area contributed by atoms with E-state index < -0.39 is 73.1 Å². The first-order valence-electron chi connectivity index (χ1n) is 26.3. The number of allylic oxidation sites excluding steroid dienone is 9. The lowest BCUT2D eigenvalue weighted by atomic mass is 9.75. The van der Waals surface area contributed by atoms with Gasteiger partial charge in [0.15, 0.2) is 5.71 Å². The van der Waals surface area contributed by atoms with E-state index in [9.17, 15) is 52.1 Å². The number of nitrogens with one attached hydrogen (secondary N) is 1. The monoisotopic (exact) mass is 1180 g/mol. The second-order valence-corrected chi connectivity index (χ2v) is 28.2. The molecule has 5 rings (SSSR count). The fraction of sp³-hybridized carbons (Fsp3) is 0.564. The largest absolute Gasteiger partial charge is 0.748 e. The Hall–Kier alpha value is -4.60. The topological polar surface area (TPSA) is 281 Å². The molecule has 1 amide bonds. The summed E-state index contributed by atoms with van der Waals surface area (Å²) >= 11 is 0. The fourth-order valence-electron chi connectivity index (χ4n) is 10.0. The maximum atomic E-state index is 13.4. The highest BCUT2D eigenvalue weighted by atomic mass is 32.2. The molecule has 24 heteroatoms. The summed E-state index contributed by atoms with van der Waals surface area (Å²) in [7, 11) is -14.6. The molecular weight excluding hydrogens is 1100 g/mol. The quantitative estimate of drug-likeness (QED) is 0.0373. The number of fused-ring (bicyclic) bond motifs is 3. The van der Waals surface area contributed by atoms with Crippen LogP contribution in [0.5, 0.6) is 5.75 Å². The summed E-state index contributed by atoms with van der Waals surface area (Å²) in [6, 6.07) is 7.98. The summed E-state index contributed by atoms with van der Waals surface area (Å²) < 4.78 is 159. The first-order chi connectivity index (χ1) is 36.8. The van der Waals surface area contributed by atoms with Crippen LogP contribution in [0.2, 0.25) is 0 Å². The molecule has 440 valence electrons. The third-order valence-electron chi connectivity index (χ3n) is 14.0. The molecule has 0 radical (unpaired) electrons. The van der Waals surface area contributed by atoms with Gasteiger partial charge in [0.05, 0.1) is 61.7 Å². The van der Waals surface area contributed by atoms with E-state index in [1.807, 2.05) is 78.8 Å². The lowest BCUT2D eigenvalue weighted by Crippen LogP contribution is -2.46. The van der Waals surface area contributed by atoms with Crippen LogP contribution in [0.1, 0.15) is 110 Å². The van der Waals surface area contributed by atoms with Gasteiger partial charge in [-0.25, -0.2) is 33.7 Å². The summed E-state index contributed by atoms with van der Waals surface area (Å²) in [5.41, 5.74) is 4.01. The number of carbonyl (C=O) groups excluding carboxylic acids is 1. The van der Waals surface area contributed by atoms with Crippen molar-refractivity contribution >= 4 is 74.5 Å². The van der Waals surface area contributed by atoms with Gasteiger partial charge in [-0.05, 0) is 95.2 Å². The zero-order valence-electron chi connectivity index (χ0n) is 46.9. The molecule has 1 atom stereocenters. The molecule has 0 aromatic heterocycles. The predicted molar refractivity (Wildman–Crippen MR) is 302 cm³/mol. The van der Waals surface area contributed by atoms with Crippen molar-refractivity contribution in [1.29, 1.82) is 0 Å². The van der Waals surface area contributed by atoms with E-state index in [1.165, 1.54) is 36.7 Å². The normalized spacial score (nSPS) is 18.3. The average molecular weight is 1180 g/mol. The fourth-order valence-corrected chi connectivity index (χ4v) is 13.0. The Balaban J connectivity index is 1.44. The van der Waals surface area contributed by atoms with Crippen LogP contribution < -0.4 is 15.0 Å². The number of hydrogen-bond acceptors (Lipinski definition) is 17. The second kappa shape index (κ2) is 27.4. The van der Waals surface area contributed by atoms with Crippen LogP contribution in [0.25, 0.3) is 11.1 Å². The zero-order valence-corrected chi connectivity index (χ0v) is 50.1. The highest BCUT2D eigenvalue weighted by Gasteiger charge is 2.47. The van der Waals surface area contributed by atoms with Gasteiger partial charge in [-0.3, -0.25) is 4.79 Å². The molecule has 0 spiro atoms. The number of rotatable bonds is 31. The van der Waals surface area contributed by atoms with Gasteiger partial charge in [-0.1, -0.05) is 51.2 Å². The van der Waals surface area contributed by atoms with E-state index in [2.05, 4.69) is 16.3 Å². The van der Waals surface area contributed by atoms with Crippen LogP contribution in [0.4, 0.5) is 11.4 Å². The van der Waals surface area contributed by atoms with Gasteiger partial charge in [0, 0.05) is 117 Å². The highest BCUT2D eigenvalue weighted by Crippen LogP contribution is 2.48. The van der Waals surface area contributed by atoms with Gasteiger partial charge in [0.2, 0.25) is 21.6 Å². The molecule has 0 bridgehead atoms. The van der Waals surface area contributed by atoms with Gasteiger partial charge < -0.3 is 42.8 Å². The standard InChI is InChI=1S/C55H80N4O16S4/c1-41-40-54(5,6)59(27-16-35-78(66,67)68)48-39-49-45(38-44(41)48)42(36-51(75-49)53(2,3)4)18-11-10-12-19-50-55(7,46-37-43(79(69,70)71)21-22-47(46)58(50)26-15-34-77(63,64)65)23-13-20-52(60)56-24-14-25-57(28-30-74-32-31-73-9)76(61,62)33-17-29-72-8/h10-12,18-19,21-22,36-40H,13-17,20,23-35H2,1-9H3,(H3-,56,60,63,64,65,66,67,68,69,70,71)/p-2. The van der Waals surface area contributed by atoms with Crippen molar-refractivity contribution in [1.82, 2.24) is 9.62 Å². The number of nitrogens with zero attached hydrogens (tertiary/aromatic N) is 3. The summed E-state index contributed by atoms with van der Waals surface area (Å²) in [5, 5.41) is 2.87. The SMILES string of the molecule is COCCCS(=O)(=O)N(CCCNC(=O)CCCC1(C)C(/C=C/C=C/C=C2\C=C(C(C)(C)C)Oc3cc4c(cc32)C(C)=CC(C)(C)N4CCCS(=O)(=O)[O-])=[N+](CCCS(=O)(=O)[O-])c2ccc(S(=O)(=O)[O-])cc21)CCOCCOC. The van der Waals surface area contributed by atoms with Crippen molar-refractivity contribution in [2.45, 2.75) is 109 Å². The van der Waals surface area contributed by atoms with Gasteiger partial charge in [0.1, 0.15) is 28.2 Å². The van der Waals surface area contributed by atoms with Crippen molar-refractivity contribution in [2.24, 2.45) is 5.41 Å². The lowest BCUT2D eigenvalue weighted by molar-refractivity contribution is -0.437. The molecule has 3 heterocycles. The summed E-state index contributed by atoms with van der Waals surface area (Å²) in [6.45, 7) is 15.9. The van der Waals surface area contributed by atoms with E-state index >= 15 is 0 Å². The van der Waals surface area contributed by atoms with Crippen LogP contribution in [0, 0.1) is 5.41 Å². The molecule has 1 unspecified atom stereocenters. The summed E-state index contributed by atoms with van der Waals surface area (Å²) in [4.78, 5) is 15.0. The van der Waals surface area contributed by atoms with Gasteiger partial charge >= 0.3 is 0 Å². The Bertz CT molecular complexity index is 3170. The van der Waals surface area contributed by atoms with E-state index in [1.54, 1.807) is 22.8 Å². The Morgan fingerprint density at radius 2 is 1.51 bits per heavy atom. The predicted octanol–water partition coefficient (Wildman–Crippen LogP) is 6.35. The molecule has 2 aromatic carbocycles. The molecule has 3 aliphatic rings. The highest BCUT2D eigenvalue weighted by molar-refractivity contribution is 7.89. The molecule has 0 fully saturated rings. The number of sulfonamides is 1. The van der Waals surface area contributed by atoms with E-state index in [0.717, 1.165) is 28.0 Å². The number of benzene rings is 2. The van der Waals surface area contributed by atoms with Crippen molar-refractivity contribution in [2.75, 3.05) is 95.5 Å². The minimum atomic E-state index is -4.92. The molecule has 2 aromatic rings. The first kappa shape index (κ1) is 65.2. The summed E-state index contributed by atoms with van der Waals surface area (Å²) in [6.07, 6.45) is 14.5. The number of anilines is 1. The second-order valence-electron chi connectivity index (χ2n) is 21.7. The summed E-state index contributed by atoms with van der Waals surface area (Å²) in [5.74, 6) is -0.283. The minimum Gasteiger partial charge on any atom is -0.748 e. The van der Waals surface area contributed by atoms with Gasteiger partial charge in [-0.15, -0.1) is 0 Å². The average Bonchev–Trinajstić information content (AvgIpc) is 3.57. The molecule has 79 heavy (non-hydrogen) atoms. The van der Waals surface area contributed by atoms with Gasteiger partial charge in [-0.2, -0.15) is 8.88 Å². The van der Waals surface area contributed by atoms with Crippen LogP contribution in [-0.2, 0) is 64.8 Å². The molecule has 0 saturated heterocycles.